The molecule has 3 N–H and O–H groups in total. The van der Waals surface area contributed by atoms with Gasteiger partial charge in [0.2, 0.25) is 5.91 Å². The summed E-state index contributed by atoms with van der Waals surface area (Å²) in [5.41, 5.74) is 1.82. The van der Waals surface area contributed by atoms with Crippen LogP contribution in [0.4, 0.5) is 5.82 Å². The van der Waals surface area contributed by atoms with Crippen LogP contribution in [-0.2, 0) is 4.79 Å². The number of aromatic nitrogens is 3. The Labute approximate surface area is 128 Å². The Morgan fingerprint density at radius 1 is 1.55 bits per heavy atom. The van der Waals surface area contributed by atoms with Gasteiger partial charge in [-0.1, -0.05) is 6.58 Å². The molecule has 0 spiro atoms. The van der Waals surface area contributed by atoms with Crippen molar-refractivity contribution in [3.63, 3.8) is 0 Å². The van der Waals surface area contributed by atoms with Gasteiger partial charge in [-0.15, -0.1) is 0 Å². The Kier molecular flexibility index (Phi) is 3.81. The highest BCUT2D eigenvalue weighted by atomic mass is 16.3. The van der Waals surface area contributed by atoms with Crippen molar-refractivity contribution in [1.82, 2.24) is 19.9 Å². The lowest BCUT2D eigenvalue weighted by atomic mass is 10.0. The summed E-state index contributed by atoms with van der Waals surface area (Å²) in [6.07, 6.45) is 4.66. The fraction of sp³-hybridized carbons (Fsp3) is 0.400. The van der Waals surface area contributed by atoms with E-state index in [0.717, 1.165) is 16.6 Å². The van der Waals surface area contributed by atoms with Gasteiger partial charge in [0, 0.05) is 25.3 Å². The van der Waals surface area contributed by atoms with Gasteiger partial charge >= 0.3 is 0 Å². The lowest BCUT2D eigenvalue weighted by molar-refractivity contribution is -0.129. The number of piperidine rings is 1. The van der Waals surface area contributed by atoms with Crippen molar-refractivity contribution in [3.05, 3.63) is 30.7 Å². The minimum atomic E-state index is -0.556. The van der Waals surface area contributed by atoms with Gasteiger partial charge < -0.3 is 20.3 Å². The van der Waals surface area contributed by atoms with Crippen molar-refractivity contribution in [2.24, 2.45) is 0 Å². The molecule has 7 heteroatoms. The molecule has 0 bridgehead atoms. The number of carbonyl (C=O) groups is 1. The van der Waals surface area contributed by atoms with Crippen molar-refractivity contribution in [2.45, 2.75) is 25.5 Å². The molecule has 1 amide bonds. The van der Waals surface area contributed by atoms with Gasteiger partial charge in [0.25, 0.3) is 0 Å². The molecule has 2 atom stereocenters. The SMILES string of the molecule is C=CC(=O)N1C[C@@H](O)C[C@@H](Nc2ncnc3[nH]cc(C)c23)C1. The number of nitrogens with one attached hydrogen (secondary N) is 2. The highest BCUT2D eigenvalue weighted by molar-refractivity contribution is 5.90. The average Bonchev–Trinajstić information content (AvgIpc) is 2.88. The summed E-state index contributed by atoms with van der Waals surface area (Å²) in [6, 6.07) is -0.0694. The molecule has 116 valence electrons. The van der Waals surface area contributed by atoms with Crippen LogP contribution in [0.15, 0.2) is 25.2 Å². The summed E-state index contributed by atoms with van der Waals surface area (Å²) in [5.74, 6) is 0.546. The molecule has 7 nitrogen and oxygen atoms in total. The molecule has 0 aliphatic carbocycles. The van der Waals surface area contributed by atoms with Crippen LogP contribution >= 0.6 is 0 Å². The molecule has 0 radical (unpaired) electrons. The van der Waals surface area contributed by atoms with Gasteiger partial charge in [0.15, 0.2) is 0 Å². The van der Waals surface area contributed by atoms with Crippen LogP contribution in [0.1, 0.15) is 12.0 Å². The molecule has 0 saturated carbocycles. The molecule has 0 aromatic carbocycles. The van der Waals surface area contributed by atoms with E-state index in [9.17, 15) is 9.90 Å². The first-order chi connectivity index (χ1) is 10.6. The minimum Gasteiger partial charge on any atom is -0.391 e. The number of hydrogen-bond acceptors (Lipinski definition) is 5. The fourth-order valence-corrected chi connectivity index (χ4v) is 2.91. The van der Waals surface area contributed by atoms with E-state index in [2.05, 4.69) is 26.8 Å². The molecule has 2 aromatic rings. The average molecular weight is 301 g/mol. The van der Waals surface area contributed by atoms with E-state index in [-0.39, 0.29) is 11.9 Å². The van der Waals surface area contributed by atoms with E-state index in [1.54, 1.807) is 4.90 Å². The number of nitrogens with zero attached hydrogens (tertiary/aromatic N) is 3. The molecule has 1 aliphatic heterocycles. The highest BCUT2D eigenvalue weighted by Crippen LogP contribution is 2.24. The van der Waals surface area contributed by atoms with E-state index in [1.807, 2.05) is 13.1 Å². The number of hydrogen-bond donors (Lipinski definition) is 3. The summed E-state index contributed by atoms with van der Waals surface area (Å²) in [7, 11) is 0. The number of aromatic amines is 1. The molecule has 22 heavy (non-hydrogen) atoms. The Hall–Kier alpha value is -2.41. The first-order valence-electron chi connectivity index (χ1n) is 7.23. The lowest BCUT2D eigenvalue weighted by Crippen LogP contribution is -2.50. The number of rotatable bonds is 3. The maximum atomic E-state index is 11.8. The highest BCUT2D eigenvalue weighted by Gasteiger charge is 2.28. The molecule has 3 heterocycles. The van der Waals surface area contributed by atoms with E-state index in [0.29, 0.717) is 25.3 Å². The molecule has 1 saturated heterocycles. The number of carbonyl (C=O) groups excluding carboxylic acids is 1. The van der Waals surface area contributed by atoms with Crippen molar-refractivity contribution >= 4 is 22.8 Å². The number of fused-ring (bicyclic) bond motifs is 1. The molecule has 2 aromatic heterocycles. The molecule has 1 aliphatic rings. The Morgan fingerprint density at radius 2 is 2.36 bits per heavy atom. The predicted octanol–water partition coefficient (Wildman–Crippen LogP) is 0.826. The third-order valence-corrected chi connectivity index (χ3v) is 3.92. The smallest absolute Gasteiger partial charge is 0.246 e. The Morgan fingerprint density at radius 3 is 3.14 bits per heavy atom. The Balaban J connectivity index is 1.83. The molecular formula is C15H19N5O2. The molecule has 0 unspecified atom stereocenters. The fourth-order valence-electron chi connectivity index (χ4n) is 2.91. The standard InChI is InChI=1S/C15H19N5O2/c1-3-12(22)20-6-10(4-11(21)7-20)19-15-13-9(2)5-16-14(13)17-8-18-15/h3,5,8,10-11,21H,1,4,6-7H2,2H3,(H2,16,17,18,19)/t10-,11+/m1/s1. The third-order valence-electron chi connectivity index (χ3n) is 3.92. The van der Waals surface area contributed by atoms with Crippen LogP contribution in [0.5, 0.6) is 0 Å². The number of aryl methyl sites for hydroxylation is 1. The maximum absolute atomic E-state index is 11.8. The number of amides is 1. The number of H-pyrrole nitrogens is 1. The maximum Gasteiger partial charge on any atom is 0.246 e. The quantitative estimate of drug-likeness (QED) is 0.730. The number of aliphatic hydroxyl groups excluding tert-OH is 1. The van der Waals surface area contributed by atoms with E-state index in [4.69, 9.17) is 0 Å². The molecule has 1 fully saturated rings. The monoisotopic (exact) mass is 301 g/mol. The largest absolute Gasteiger partial charge is 0.391 e. The van der Waals surface area contributed by atoms with Crippen LogP contribution < -0.4 is 5.32 Å². The van der Waals surface area contributed by atoms with Gasteiger partial charge in [0.1, 0.15) is 17.8 Å². The van der Waals surface area contributed by atoms with Crippen molar-refractivity contribution in [3.8, 4) is 0 Å². The first kappa shape index (κ1) is 14.5. The number of anilines is 1. The van der Waals surface area contributed by atoms with Crippen LogP contribution in [0, 0.1) is 6.92 Å². The van der Waals surface area contributed by atoms with Gasteiger partial charge in [-0.25, -0.2) is 9.97 Å². The predicted molar refractivity (Wildman–Crippen MR) is 83.4 cm³/mol. The minimum absolute atomic E-state index is 0.0694. The summed E-state index contributed by atoms with van der Waals surface area (Å²) < 4.78 is 0. The van der Waals surface area contributed by atoms with Crippen molar-refractivity contribution in [1.29, 1.82) is 0 Å². The summed E-state index contributed by atoms with van der Waals surface area (Å²) in [4.78, 5) is 25.0. The van der Waals surface area contributed by atoms with Crippen molar-refractivity contribution < 1.29 is 9.90 Å². The van der Waals surface area contributed by atoms with Gasteiger partial charge in [-0.3, -0.25) is 4.79 Å². The van der Waals surface area contributed by atoms with Gasteiger partial charge in [0.05, 0.1) is 11.5 Å². The zero-order chi connectivity index (χ0) is 15.7. The van der Waals surface area contributed by atoms with E-state index < -0.39 is 6.10 Å². The second-order valence-corrected chi connectivity index (χ2v) is 5.60. The summed E-state index contributed by atoms with van der Waals surface area (Å²) >= 11 is 0. The van der Waals surface area contributed by atoms with Crippen LogP contribution in [0.2, 0.25) is 0 Å². The Bertz CT molecular complexity index is 711. The summed E-state index contributed by atoms with van der Waals surface area (Å²) in [5, 5.41) is 14.3. The number of aliphatic hydroxyl groups is 1. The zero-order valence-electron chi connectivity index (χ0n) is 12.4. The number of β-amino-alcohol motifs (C(OH)–C–C–N with tert-alkyl or cyclic N) is 1. The van der Waals surface area contributed by atoms with Crippen LogP contribution in [0.25, 0.3) is 11.0 Å². The molecule has 3 rings (SSSR count). The van der Waals surface area contributed by atoms with E-state index >= 15 is 0 Å². The van der Waals surface area contributed by atoms with Crippen molar-refractivity contribution in [2.75, 3.05) is 18.4 Å². The second-order valence-electron chi connectivity index (χ2n) is 5.60. The zero-order valence-corrected chi connectivity index (χ0v) is 12.4. The van der Waals surface area contributed by atoms with Crippen LogP contribution in [-0.4, -0.2) is 56.1 Å². The third kappa shape index (κ3) is 2.67. The second kappa shape index (κ2) is 5.76. The molecular weight excluding hydrogens is 282 g/mol. The number of likely N-dealkylation sites (tertiary alicyclic amines) is 1. The lowest BCUT2D eigenvalue weighted by Gasteiger charge is -2.35. The normalized spacial score (nSPS) is 21.8. The van der Waals surface area contributed by atoms with Crippen LogP contribution in [0.3, 0.4) is 0 Å². The topological polar surface area (TPSA) is 94.1 Å². The van der Waals surface area contributed by atoms with E-state index in [1.165, 1.54) is 12.4 Å². The van der Waals surface area contributed by atoms with Gasteiger partial charge in [-0.05, 0) is 25.0 Å². The first-order valence-corrected chi connectivity index (χ1v) is 7.23. The van der Waals surface area contributed by atoms with Gasteiger partial charge in [-0.2, -0.15) is 0 Å². The summed E-state index contributed by atoms with van der Waals surface area (Å²) in [6.45, 7) is 6.33.